The molecule has 2 aliphatic heterocycles. The summed E-state index contributed by atoms with van der Waals surface area (Å²) in [4.78, 5) is 14.3. The van der Waals surface area contributed by atoms with Crippen molar-refractivity contribution in [3.63, 3.8) is 0 Å². The maximum absolute atomic E-state index is 10.5. The van der Waals surface area contributed by atoms with Crippen molar-refractivity contribution in [2.75, 3.05) is 44.7 Å². The van der Waals surface area contributed by atoms with E-state index in [2.05, 4.69) is 21.9 Å². The monoisotopic (exact) mass is 394 g/mol. The largest absolute Gasteiger partial charge is 0.387 e. The number of β-amino-alcohol motifs (C(OH)–C–C–N with tert-alkyl or cyclic N) is 1. The van der Waals surface area contributed by atoms with Gasteiger partial charge in [-0.1, -0.05) is 36.4 Å². The van der Waals surface area contributed by atoms with Gasteiger partial charge in [-0.15, -0.1) is 0 Å². The molecule has 6 nitrogen and oxygen atoms in total. The minimum Gasteiger partial charge on any atom is -0.387 e. The lowest BCUT2D eigenvalue weighted by atomic mass is 10.0. The Hall–Kier alpha value is -2.28. The Morgan fingerprint density at radius 3 is 2.59 bits per heavy atom. The van der Waals surface area contributed by atoms with E-state index in [0.29, 0.717) is 13.2 Å². The van der Waals surface area contributed by atoms with Gasteiger partial charge in [0.1, 0.15) is 5.82 Å². The topological polar surface area (TPSA) is 61.7 Å². The Morgan fingerprint density at radius 1 is 1.10 bits per heavy atom. The number of rotatable bonds is 7. The van der Waals surface area contributed by atoms with Gasteiger partial charge in [-0.05, 0) is 30.4 Å². The molecule has 154 valence electrons. The number of ether oxygens (including phenoxy) is 1. The number of nitrogens with zero attached hydrogens (tertiary/aromatic N) is 4. The van der Waals surface area contributed by atoms with Crippen molar-refractivity contribution in [1.29, 1.82) is 0 Å². The zero-order valence-corrected chi connectivity index (χ0v) is 17.1. The number of methoxy groups -OCH3 is 1. The summed E-state index contributed by atoms with van der Waals surface area (Å²) in [5, 5.41) is 10.5. The van der Waals surface area contributed by atoms with Gasteiger partial charge in [0.25, 0.3) is 0 Å². The highest BCUT2D eigenvalue weighted by Crippen LogP contribution is 2.25. The van der Waals surface area contributed by atoms with Crippen LogP contribution in [0.2, 0.25) is 0 Å². The van der Waals surface area contributed by atoms with E-state index in [-0.39, 0.29) is 0 Å². The lowest BCUT2D eigenvalue weighted by Gasteiger charge is -2.28. The first-order valence-electron chi connectivity index (χ1n) is 10.5. The average molecular weight is 395 g/mol. The zero-order valence-electron chi connectivity index (χ0n) is 17.1. The van der Waals surface area contributed by atoms with Crippen molar-refractivity contribution in [3.05, 3.63) is 59.6 Å². The minimum absolute atomic E-state index is 0.464. The molecule has 29 heavy (non-hydrogen) atoms. The van der Waals surface area contributed by atoms with Crippen molar-refractivity contribution in [3.8, 4) is 0 Å². The van der Waals surface area contributed by atoms with Crippen LogP contribution in [0, 0.1) is 0 Å². The van der Waals surface area contributed by atoms with Crippen LogP contribution in [0.1, 0.15) is 42.4 Å². The number of benzene rings is 1. The molecule has 0 bridgehead atoms. The fourth-order valence-corrected chi connectivity index (χ4v) is 4.06. The van der Waals surface area contributed by atoms with Crippen molar-refractivity contribution in [1.82, 2.24) is 14.9 Å². The predicted molar refractivity (Wildman–Crippen MR) is 115 cm³/mol. The molecule has 0 amide bonds. The molecule has 1 aromatic carbocycles. The van der Waals surface area contributed by atoms with E-state index in [9.17, 15) is 5.11 Å². The summed E-state index contributed by atoms with van der Waals surface area (Å²) in [6.07, 6.45) is 5.08. The first-order valence-corrected chi connectivity index (χ1v) is 10.5. The number of hydrogen-bond donors (Lipinski definition) is 1. The Balaban J connectivity index is 1.46. The van der Waals surface area contributed by atoms with E-state index in [4.69, 9.17) is 14.7 Å². The lowest BCUT2D eigenvalue weighted by Crippen LogP contribution is -2.32. The van der Waals surface area contributed by atoms with Gasteiger partial charge in [0, 0.05) is 45.9 Å². The van der Waals surface area contributed by atoms with Gasteiger partial charge < -0.3 is 14.7 Å². The van der Waals surface area contributed by atoms with E-state index < -0.39 is 6.10 Å². The highest BCUT2D eigenvalue weighted by molar-refractivity contribution is 5.62. The lowest BCUT2D eigenvalue weighted by molar-refractivity contribution is 0.119. The fourth-order valence-electron chi connectivity index (χ4n) is 4.06. The molecule has 2 aliphatic rings. The third kappa shape index (κ3) is 5.01. The molecule has 4 rings (SSSR count). The highest BCUT2D eigenvalue weighted by atomic mass is 16.5. The molecular weight excluding hydrogens is 364 g/mol. The summed E-state index contributed by atoms with van der Waals surface area (Å²) in [6.45, 7) is 4.96. The maximum atomic E-state index is 10.5. The Bertz CT molecular complexity index is 834. The molecule has 0 saturated carbocycles. The molecular formula is C23H30N4O2. The van der Waals surface area contributed by atoms with Crippen LogP contribution in [-0.4, -0.2) is 59.8 Å². The number of hydrogen-bond acceptors (Lipinski definition) is 6. The first kappa shape index (κ1) is 20.0. The second-order valence-corrected chi connectivity index (χ2v) is 7.83. The van der Waals surface area contributed by atoms with Crippen molar-refractivity contribution >= 4 is 11.4 Å². The van der Waals surface area contributed by atoms with Crippen LogP contribution >= 0.6 is 0 Å². The summed E-state index contributed by atoms with van der Waals surface area (Å²) in [6, 6.07) is 11.9. The SMILES string of the molecule is COCc1cc(N2CCCC2)nc(C2=CCN(C[C@@H](O)c3ccccc3)CC2)n1. The van der Waals surface area contributed by atoms with Crippen LogP contribution in [0.3, 0.4) is 0 Å². The molecule has 0 aliphatic carbocycles. The van der Waals surface area contributed by atoms with Crippen LogP contribution in [-0.2, 0) is 11.3 Å². The van der Waals surface area contributed by atoms with E-state index in [1.165, 1.54) is 18.4 Å². The second kappa shape index (κ2) is 9.48. The zero-order chi connectivity index (χ0) is 20.1. The normalized spacial score (nSPS) is 18.7. The summed E-state index contributed by atoms with van der Waals surface area (Å²) < 4.78 is 5.33. The Morgan fingerprint density at radius 2 is 1.90 bits per heavy atom. The molecule has 2 aromatic rings. The van der Waals surface area contributed by atoms with E-state index in [1.807, 2.05) is 30.3 Å². The molecule has 0 unspecified atom stereocenters. The van der Waals surface area contributed by atoms with Crippen LogP contribution in [0.25, 0.3) is 5.57 Å². The van der Waals surface area contributed by atoms with Crippen molar-refractivity contribution < 1.29 is 9.84 Å². The van der Waals surface area contributed by atoms with Gasteiger partial charge in [0.15, 0.2) is 5.82 Å². The molecule has 1 N–H and O–H groups in total. The van der Waals surface area contributed by atoms with Crippen molar-refractivity contribution in [2.45, 2.75) is 32.0 Å². The molecule has 1 atom stereocenters. The average Bonchev–Trinajstić information content (AvgIpc) is 3.30. The third-order valence-corrected chi connectivity index (χ3v) is 5.68. The van der Waals surface area contributed by atoms with E-state index in [1.54, 1.807) is 7.11 Å². The van der Waals surface area contributed by atoms with Crippen LogP contribution in [0.4, 0.5) is 5.82 Å². The molecule has 0 spiro atoms. The minimum atomic E-state index is -0.464. The van der Waals surface area contributed by atoms with Crippen molar-refractivity contribution in [2.24, 2.45) is 0 Å². The number of aliphatic hydroxyl groups excluding tert-OH is 1. The molecule has 3 heterocycles. The van der Waals surface area contributed by atoms with Gasteiger partial charge in [0.05, 0.1) is 18.4 Å². The quantitative estimate of drug-likeness (QED) is 0.779. The van der Waals surface area contributed by atoms with Crippen LogP contribution < -0.4 is 4.90 Å². The molecule has 1 aromatic heterocycles. The number of anilines is 1. The van der Waals surface area contributed by atoms with Gasteiger partial charge >= 0.3 is 0 Å². The maximum Gasteiger partial charge on any atom is 0.157 e. The second-order valence-electron chi connectivity index (χ2n) is 7.83. The summed E-state index contributed by atoms with van der Waals surface area (Å²) in [5.41, 5.74) is 3.09. The van der Waals surface area contributed by atoms with Crippen LogP contribution in [0.15, 0.2) is 42.5 Å². The van der Waals surface area contributed by atoms with E-state index >= 15 is 0 Å². The van der Waals surface area contributed by atoms with Gasteiger partial charge in [0.2, 0.25) is 0 Å². The van der Waals surface area contributed by atoms with Gasteiger partial charge in [-0.3, -0.25) is 4.90 Å². The standard InChI is InChI=1S/C23H30N4O2/c1-29-17-20-15-22(27-11-5-6-12-27)25-23(24-20)19-9-13-26(14-10-19)16-21(28)18-7-3-2-4-8-18/h2-4,7-9,15,21,28H,5-6,10-14,16-17H2,1H3/t21-/m1/s1. The highest BCUT2D eigenvalue weighted by Gasteiger charge is 2.21. The molecule has 6 heteroatoms. The molecule has 1 saturated heterocycles. The van der Waals surface area contributed by atoms with Crippen LogP contribution in [0.5, 0.6) is 0 Å². The van der Waals surface area contributed by atoms with Gasteiger partial charge in [-0.2, -0.15) is 0 Å². The predicted octanol–water partition coefficient (Wildman–Crippen LogP) is 3.05. The number of aliphatic hydroxyl groups is 1. The fraction of sp³-hybridized carbons (Fsp3) is 0.478. The number of aromatic nitrogens is 2. The Kier molecular flexibility index (Phi) is 6.54. The first-order chi connectivity index (χ1) is 14.2. The Labute approximate surface area is 172 Å². The third-order valence-electron chi connectivity index (χ3n) is 5.68. The summed E-state index contributed by atoms with van der Waals surface area (Å²) >= 11 is 0. The summed E-state index contributed by atoms with van der Waals surface area (Å²) in [7, 11) is 1.70. The molecule has 1 fully saturated rings. The molecule has 0 radical (unpaired) electrons. The van der Waals surface area contributed by atoms with Gasteiger partial charge in [-0.25, -0.2) is 9.97 Å². The summed E-state index contributed by atoms with van der Waals surface area (Å²) in [5.74, 6) is 1.84. The van der Waals surface area contributed by atoms with E-state index in [0.717, 1.165) is 55.5 Å². The smallest absolute Gasteiger partial charge is 0.157 e.